The Morgan fingerprint density at radius 1 is 0.259 bits per heavy atom. The van der Waals surface area contributed by atoms with Crippen molar-refractivity contribution in [3.05, 3.63) is 313 Å². The van der Waals surface area contributed by atoms with E-state index >= 15 is 0 Å². The van der Waals surface area contributed by atoms with Crippen molar-refractivity contribution in [2.24, 2.45) is 0 Å². The Balaban J connectivity index is 1.04. The van der Waals surface area contributed by atoms with Crippen LogP contribution in [0.25, 0.3) is 117 Å². The fourth-order valence-electron chi connectivity index (χ4n) is 12.9. The number of benzene rings is 12. The third-order valence-electron chi connectivity index (χ3n) is 16.5. The third-order valence-corrected chi connectivity index (χ3v) is 16.5. The molecule has 5 nitrogen and oxygen atoms in total. The molecule has 2 aromatic heterocycles. The van der Waals surface area contributed by atoms with Gasteiger partial charge < -0.3 is 9.30 Å². The lowest BCUT2D eigenvalue weighted by molar-refractivity contribution is 0.439. The smallest absolute Gasteiger partial charge is 0.167 e. The van der Waals surface area contributed by atoms with Crippen LogP contribution in [0, 0.1) is 0 Å². The van der Waals surface area contributed by atoms with E-state index in [4.69, 9.17) is 19.7 Å². The van der Waals surface area contributed by atoms with Crippen LogP contribution in [0.1, 0.15) is 22.3 Å². The van der Waals surface area contributed by atoms with Gasteiger partial charge in [0.25, 0.3) is 0 Å². The molecule has 1 aliphatic heterocycles. The van der Waals surface area contributed by atoms with Crippen molar-refractivity contribution in [3.8, 4) is 107 Å². The number of hydrogen-bond acceptors (Lipinski definition) is 4. The molecule has 1 spiro atoms. The first-order valence-electron chi connectivity index (χ1n) is 27.6. The standard InChI is InChI=1S/C76H48N4O/c1-7-23-49(24-8-1)54-39-41-69-62(43-54)63-44-55(40-42-70(63)80(69)58-33-17-6-18-34-58)61-45-56(50-25-9-2-10-26-50)47-67-71(61)81-72-64(75-78-73(52-29-13-4-14-30-52)77-74(79-75)53-31-15-5-16-32-53)46-57(51-27-11-3-12-28-51)48-68(72)76(67)65-37-21-19-35-59(65)60-36-20-22-38-66(60)76/h1-48H. The summed E-state index contributed by atoms with van der Waals surface area (Å²) in [6, 6.07) is 104. The Bertz CT molecular complexity index is 4650. The summed E-state index contributed by atoms with van der Waals surface area (Å²) in [5.41, 5.74) is 20.5. The molecular weight excluding hydrogens is 985 g/mol. The molecule has 378 valence electrons. The van der Waals surface area contributed by atoms with Crippen LogP contribution < -0.4 is 4.74 Å². The summed E-state index contributed by atoms with van der Waals surface area (Å²) in [6.45, 7) is 0. The van der Waals surface area contributed by atoms with Crippen LogP contribution in [-0.2, 0) is 5.41 Å². The minimum atomic E-state index is -0.884. The van der Waals surface area contributed by atoms with E-state index in [1.54, 1.807) is 0 Å². The largest absolute Gasteiger partial charge is 0.455 e. The average Bonchev–Trinajstić information content (AvgIpc) is 4.06. The number of nitrogens with zero attached hydrogens (tertiary/aromatic N) is 4. The molecule has 0 saturated heterocycles. The summed E-state index contributed by atoms with van der Waals surface area (Å²) < 4.78 is 10.4. The van der Waals surface area contributed by atoms with E-state index < -0.39 is 5.41 Å². The second-order valence-corrected chi connectivity index (χ2v) is 21.0. The van der Waals surface area contributed by atoms with E-state index in [-0.39, 0.29) is 0 Å². The Morgan fingerprint density at radius 2 is 0.642 bits per heavy atom. The monoisotopic (exact) mass is 1030 g/mol. The van der Waals surface area contributed by atoms with E-state index in [1.807, 2.05) is 36.4 Å². The molecule has 3 heterocycles. The number of fused-ring (bicyclic) bond motifs is 12. The van der Waals surface area contributed by atoms with Crippen LogP contribution in [0.15, 0.2) is 291 Å². The van der Waals surface area contributed by atoms with Crippen LogP contribution in [0.2, 0.25) is 0 Å². The molecule has 12 aromatic carbocycles. The Morgan fingerprint density at radius 3 is 1.15 bits per heavy atom. The Hall–Kier alpha value is -10.8. The zero-order chi connectivity index (χ0) is 53.4. The highest BCUT2D eigenvalue weighted by atomic mass is 16.5. The van der Waals surface area contributed by atoms with Gasteiger partial charge in [-0.25, -0.2) is 15.0 Å². The van der Waals surface area contributed by atoms with Gasteiger partial charge in [-0.1, -0.05) is 231 Å². The molecule has 5 heteroatoms. The maximum Gasteiger partial charge on any atom is 0.167 e. The topological polar surface area (TPSA) is 52.8 Å². The first kappa shape index (κ1) is 46.4. The van der Waals surface area contributed by atoms with E-state index in [2.05, 4.69) is 259 Å². The van der Waals surface area contributed by atoms with E-state index in [9.17, 15) is 0 Å². The molecule has 0 N–H and O–H groups in total. The Kier molecular flexibility index (Phi) is 10.7. The number of aromatic nitrogens is 4. The molecule has 0 saturated carbocycles. The van der Waals surface area contributed by atoms with Crippen molar-refractivity contribution >= 4 is 21.8 Å². The number of ether oxygens (including phenoxy) is 1. The summed E-state index contributed by atoms with van der Waals surface area (Å²) in [6.07, 6.45) is 0. The minimum Gasteiger partial charge on any atom is -0.455 e. The maximum atomic E-state index is 7.98. The molecule has 0 atom stereocenters. The van der Waals surface area contributed by atoms with E-state index in [0.717, 1.165) is 94.6 Å². The van der Waals surface area contributed by atoms with Gasteiger partial charge in [0.1, 0.15) is 11.5 Å². The minimum absolute atomic E-state index is 0.515. The fraction of sp³-hybridized carbons (Fsp3) is 0.0132. The van der Waals surface area contributed by atoms with Gasteiger partial charge in [-0.05, 0) is 122 Å². The lowest BCUT2D eigenvalue weighted by Crippen LogP contribution is -2.33. The van der Waals surface area contributed by atoms with Crippen LogP contribution >= 0.6 is 0 Å². The van der Waals surface area contributed by atoms with Gasteiger partial charge in [0, 0.05) is 44.3 Å². The molecule has 2 aliphatic rings. The zero-order valence-corrected chi connectivity index (χ0v) is 43.9. The summed E-state index contributed by atoms with van der Waals surface area (Å²) in [5, 5.41) is 2.31. The Labute approximate surface area is 469 Å². The molecule has 0 amide bonds. The lowest BCUT2D eigenvalue weighted by Gasteiger charge is -2.41. The molecule has 14 aromatic rings. The van der Waals surface area contributed by atoms with Crippen LogP contribution in [0.4, 0.5) is 0 Å². The highest BCUT2D eigenvalue weighted by Crippen LogP contribution is 2.65. The van der Waals surface area contributed by atoms with Gasteiger partial charge in [0.15, 0.2) is 17.5 Å². The number of rotatable bonds is 8. The highest BCUT2D eigenvalue weighted by molar-refractivity contribution is 6.12. The fourth-order valence-corrected chi connectivity index (χ4v) is 12.9. The molecule has 0 fully saturated rings. The molecule has 0 bridgehead atoms. The summed E-state index contributed by atoms with van der Waals surface area (Å²) in [5.74, 6) is 3.14. The molecule has 0 unspecified atom stereocenters. The molecule has 1 aliphatic carbocycles. The second-order valence-electron chi connectivity index (χ2n) is 21.0. The van der Waals surface area contributed by atoms with Crippen molar-refractivity contribution in [1.82, 2.24) is 19.5 Å². The molecular formula is C76H48N4O. The van der Waals surface area contributed by atoms with Crippen molar-refractivity contribution in [3.63, 3.8) is 0 Å². The van der Waals surface area contributed by atoms with Crippen molar-refractivity contribution in [1.29, 1.82) is 0 Å². The predicted molar refractivity (Wildman–Crippen MR) is 330 cm³/mol. The summed E-state index contributed by atoms with van der Waals surface area (Å²) >= 11 is 0. The number of hydrogen-bond donors (Lipinski definition) is 0. The molecule has 16 rings (SSSR count). The first-order valence-corrected chi connectivity index (χ1v) is 27.6. The third kappa shape index (κ3) is 7.43. The normalized spacial score (nSPS) is 12.6. The zero-order valence-electron chi connectivity index (χ0n) is 43.9. The van der Waals surface area contributed by atoms with Gasteiger partial charge >= 0.3 is 0 Å². The molecule has 81 heavy (non-hydrogen) atoms. The van der Waals surface area contributed by atoms with Crippen molar-refractivity contribution in [2.75, 3.05) is 0 Å². The first-order chi connectivity index (χ1) is 40.2. The second kappa shape index (κ2) is 18.7. The van der Waals surface area contributed by atoms with Gasteiger partial charge in [-0.15, -0.1) is 0 Å². The van der Waals surface area contributed by atoms with Gasteiger partial charge in [-0.2, -0.15) is 0 Å². The summed E-state index contributed by atoms with van der Waals surface area (Å²) in [4.78, 5) is 16.1. The van der Waals surface area contributed by atoms with Gasteiger partial charge in [0.05, 0.1) is 22.0 Å². The summed E-state index contributed by atoms with van der Waals surface area (Å²) in [7, 11) is 0. The van der Waals surface area contributed by atoms with Crippen molar-refractivity contribution in [2.45, 2.75) is 5.41 Å². The maximum absolute atomic E-state index is 7.98. The number of para-hydroxylation sites is 1. The van der Waals surface area contributed by atoms with Crippen LogP contribution in [-0.4, -0.2) is 19.5 Å². The highest BCUT2D eigenvalue weighted by Gasteiger charge is 2.53. The van der Waals surface area contributed by atoms with Gasteiger partial charge in [-0.3, -0.25) is 0 Å². The lowest BCUT2D eigenvalue weighted by atomic mass is 9.64. The predicted octanol–water partition coefficient (Wildman–Crippen LogP) is 19.1. The SMILES string of the molecule is c1ccc(-c2cc(-c3ccc4c(c3)c3cc(-c5ccccc5)ccc3n4-c3ccccc3)c3c(c2)C2(c4ccccc4-c4ccccc42)c2cc(-c4ccccc4)cc(-c4nc(-c5ccccc5)nc(-c5ccccc5)n4)c2O3)cc1. The quantitative estimate of drug-likeness (QED) is 0.152. The van der Waals surface area contributed by atoms with E-state index in [0.29, 0.717) is 23.2 Å². The van der Waals surface area contributed by atoms with E-state index in [1.165, 1.54) is 33.2 Å². The van der Waals surface area contributed by atoms with Crippen molar-refractivity contribution < 1.29 is 4.74 Å². The van der Waals surface area contributed by atoms with Crippen LogP contribution in [0.3, 0.4) is 0 Å². The average molecular weight is 1030 g/mol. The van der Waals surface area contributed by atoms with Gasteiger partial charge in [0.2, 0.25) is 0 Å². The molecule has 0 radical (unpaired) electrons. The van der Waals surface area contributed by atoms with Crippen LogP contribution in [0.5, 0.6) is 11.5 Å².